The summed E-state index contributed by atoms with van der Waals surface area (Å²) in [6, 6.07) is -0.722. The number of hydrogen-bond acceptors (Lipinski definition) is 3. The lowest BCUT2D eigenvalue weighted by molar-refractivity contribution is -0.144. The molecule has 4 unspecified atom stereocenters. The van der Waals surface area contributed by atoms with Gasteiger partial charge >= 0.3 is 5.97 Å². The molecule has 102 valence electrons. The maximum atomic E-state index is 11.9. The summed E-state index contributed by atoms with van der Waals surface area (Å²) in [5.41, 5.74) is 5.77. The first-order chi connectivity index (χ1) is 8.54. The van der Waals surface area contributed by atoms with Gasteiger partial charge in [-0.2, -0.15) is 0 Å². The molecule has 5 nitrogen and oxygen atoms in total. The zero-order chi connectivity index (χ0) is 13.3. The van der Waals surface area contributed by atoms with E-state index in [0.717, 1.165) is 25.7 Å². The monoisotopic (exact) mass is 254 g/mol. The first-order valence-corrected chi connectivity index (χ1v) is 6.83. The van der Waals surface area contributed by atoms with E-state index in [1.54, 1.807) is 0 Å². The summed E-state index contributed by atoms with van der Waals surface area (Å²) in [4.78, 5) is 23.2. The van der Waals surface area contributed by atoms with Crippen LogP contribution < -0.4 is 11.1 Å². The number of rotatable bonds is 5. The topological polar surface area (TPSA) is 92.4 Å². The van der Waals surface area contributed by atoms with Crippen LogP contribution in [0.5, 0.6) is 0 Å². The molecule has 2 aliphatic rings. The molecule has 2 bridgehead atoms. The van der Waals surface area contributed by atoms with Crippen molar-refractivity contribution in [2.24, 2.45) is 23.5 Å². The van der Waals surface area contributed by atoms with Crippen LogP contribution in [0.2, 0.25) is 0 Å². The normalized spacial score (nSPS) is 35.4. The third kappa shape index (κ3) is 2.36. The fourth-order valence-electron chi connectivity index (χ4n) is 3.57. The number of hydrogen-bond donors (Lipinski definition) is 3. The first kappa shape index (κ1) is 13.3. The maximum absolute atomic E-state index is 11.9. The van der Waals surface area contributed by atoms with Crippen molar-refractivity contribution in [3.63, 3.8) is 0 Å². The molecule has 5 atom stereocenters. The van der Waals surface area contributed by atoms with Gasteiger partial charge in [-0.05, 0) is 37.5 Å². The molecule has 2 rings (SSSR count). The Labute approximate surface area is 107 Å². The van der Waals surface area contributed by atoms with E-state index in [0.29, 0.717) is 12.3 Å². The van der Waals surface area contributed by atoms with E-state index in [9.17, 15) is 14.7 Å². The molecule has 1 amide bonds. The van der Waals surface area contributed by atoms with Crippen molar-refractivity contribution >= 4 is 11.9 Å². The Kier molecular flexibility index (Phi) is 3.90. The highest BCUT2D eigenvalue weighted by Gasteiger charge is 2.51. The highest BCUT2D eigenvalue weighted by Crippen LogP contribution is 2.48. The molecule has 2 aliphatic carbocycles. The lowest BCUT2D eigenvalue weighted by Crippen LogP contribution is -2.51. The van der Waals surface area contributed by atoms with Gasteiger partial charge in [-0.25, -0.2) is 0 Å². The van der Waals surface area contributed by atoms with E-state index in [-0.39, 0.29) is 17.9 Å². The predicted octanol–water partition coefficient (Wildman–Crippen LogP) is 0.729. The van der Waals surface area contributed by atoms with Gasteiger partial charge in [0.2, 0.25) is 5.91 Å². The van der Waals surface area contributed by atoms with Crippen LogP contribution in [0.15, 0.2) is 0 Å². The van der Waals surface area contributed by atoms with Crippen molar-refractivity contribution in [2.45, 2.75) is 51.1 Å². The van der Waals surface area contributed by atoms with Crippen molar-refractivity contribution in [3.8, 4) is 0 Å². The summed E-state index contributed by atoms with van der Waals surface area (Å²) in [5, 5.41) is 12.2. The predicted molar refractivity (Wildman–Crippen MR) is 66.8 cm³/mol. The largest absolute Gasteiger partial charge is 0.481 e. The van der Waals surface area contributed by atoms with Gasteiger partial charge in [-0.3, -0.25) is 9.59 Å². The summed E-state index contributed by atoms with van der Waals surface area (Å²) in [6.07, 6.45) is 4.44. The van der Waals surface area contributed by atoms with Crippen LogP contribution in [0.3, 0.4) is 0 Å². The van der Waals surface area contributed by atoms with E-state index >= 15 is 0 Å². The molecule has 5 heteroatoms. The first-order valence-electron chi connectivity index (χ1n) is 6.83. The van der Waals surface area contributed by atoms with Crippen molar-refractivity contribution in [3.05, 3.63) is 0 Å². The van der Waals surface area contributed by atoms with Crippen LogP contribution in [0.1, 0.15) is 39.0 Å². The van der Waals surface area contributed by atoms with Gasteiger partial charge in [0.15, 0.2) is 0 Å². The number of fused-ring (bicyclic) bond motifs is 2. The van der Waals surface area contributed by atoms with Crippen LogP contribution >= 0.6 is 0 Å². The number of nitrogens with two attached hydrogens (primary N) is 1. The Bertz CT molecular complexity index is 345. The number of aliphatic carboxylic acids is 1. The van der Waals surface area contributed by atoms with E-state index in [2.05, 4.69) is 5.32 Å². The molecular weight excluding hydrogens is 232 g/mol. The minimum Gasteiger partial charge on any atom is -0.481 e. The van der Waals surface area contributed by atoms with Gasteiger partial charge in [0.25, 0.3) is 0 Å². The highest BCUT2D eigenvalue weighted by molar-refractivity contribution is 5.83. The molecule has 0 aliphatic heterocycles. The minimum atomic E-state index is -0.781. The molecule has 0 aromatic heterocycles. The Hall–Kier alpha value is -1.10. The fraction of sp³-hybridized carbons (Fsp3) is 0.846. The molecule has 2 fully saturated rings. The summed E-state index contributed by atoms with van der Waals surface area (Å²) in [6.45, 7) is 1.98. The van der Waals surface area contributed by atoms with Gasteiger partial charge in [0.1, 0.15) is 0 Å². The minimum absolute atomic E-state index is 0.194. The van der Waals surface area contributed by atoms with Crippen molar-refractivity contribution < 1.29 is 14.7 Å². The fourth-order valence-corrected chi connectivity index (χ4v) is 3.57. The summed E-state index contributed by atoms with van der Waals surface area (Å²) < 4.78 is 0. The lowest BCUT2D eigenvalue weighted by Gasteiger charge is -2.29. The van der Waals surface area contributed by atoms with Gasteiger partial charge in [0.05, 0.1) is 12.0 Å². The molecular formula is C13H22N2O3. The maximum Gasteiger partial charge on any atom is 0.308 e. The molecule has 2 saturated carbocycles. The number of carboxylic acids is 1. The second kappa shape index (κ2) is 5.26. The zero-order valence-corrected chi connectivity index (χ0v) is 10.8. The van der Waals surface area contributed by atoms with Crippen molar-refractivity contribution in [2.75, 3.05) is 0 Å². The van der Waals surface area contributed by atoms with Crippen molar-refractivity contribution in [1.82, 2.24) is 5.32 Å². The molecule has 0 radical (unpaired) electrons. The zero-order valence-electron chi connectivity index (χ0n) is 10.8. The third-order valence-corrected chi connectivity index (χ3v) is 4.45. The molecule has 0 spiro atoms. The molecule has 0 saturated heterocycles. The third-order valence-electron chi connectivity index (χ3n) is 4.45. The number of carbonyl (C=O) groups is 2. The number of carbonyl (C=O) groups excluding carboxylic acids is 1. The number of carboxylic acid groups (broad SMARTS) is 1. The molecule has 18 heavy (non-hydrogen) atoms. The van der Waals surface area contributed by atoms with Gasteiger partial charge < -0.3 is 16.2 Å². The second-order valence-corrected chi connectivity index (χ2v) is 5.63. The average Bonchev–Trinajstić information content (AvgIpc) is 2.89. The lowest BCUT2D eigenvalue weighted by atomic mass is 9.84. The highest BCUT2D eigenvalue weighted by atomic mass is 16.4. The van der Waals surface area contributed by atoms with E-state index in [1.165, 1.54) is 0 Å². The molecule has 0 heterocycles. The number of amides is 1. The Morgan fingerprint density at radius 3 is 2.67 bits per heavy atom. The number of nitrogens with one attached hydrogen (secondary N) is 1. The van der Waals surface area contributed by atoms with Crippen LogP contribution in [0.25, 0.3) is 0 Å². The Morgan fingerprint density at radius 2 is 2.06 bits per heavy atom. The summed E-state index contributed by atoms with van der Waals surface area (Å²) >= 11 is 0. The standard InChI is InChI=1S/C13H22N2O3/c1-2-3-9(14)12(16)15-11-8-5-4-7(6-8)10(11)13(17)18/h7-11H,2-6,14H2,1H3,(H,15,16)(H,17,18)/t7?,8?,9-,10?,11?/m1/s1. The van der Waals surface area contributed by atoms with Crippen LogP contribution in [-0.2, 0) is 9.59 Å². The van der Waals surface area contributed by atoms with E-state index in [1.807, 2.05) is 6.92 Å². The van der Waals surface area contributed by atoms with Crippen LogP contribution in [0.4, 0.5) is 0 Å². The van der Waals surface area contributed by atoms with E-state index in [4.69, 9.17) is 5.73 Å². The quantitative estimate of drug-likeness (QED) is 0.674. The van der Waals surface area contributed by atoms with Gasteiger partial charge in [-0.15, -0.1) is 0 Å². The molecule has 0 aromatic rings. The SMILES string of the molecule is CCC[C@@H](N)C(=O)NC1C2CCC(C2)C1C(=O)O. The van der Waals surface area contributed by atoms with Crippen molar-refractivity contribution in [1.29, 1.82) is 0 Å². The van der Waals surface area contributed by atoms with Gasteiger partial charge in [0, 0.05) is 6.04 Å². The summed E-state index contributed by atoms with van der Waals surface area (Å²) in [7, 11) is 0. The summed E-state index contributed by atoms with van der Waals surface area (Å²) in [5.74, 6) is -0.826. The van der Waals surface area contributed by atoms with E-state index < -0.39 is 17.9 Å². The van der Waals surface area contributed by atoms with Crippen LogP contribution in [-0.4, -0.2) is 29.1 Å². The Morgan fingerprint density at radius 1 is 1.39 bits per heavy atom. The van der Waals surface area contributed by atoms with Crippen LogP contribution in [0, 0.1) is 17.8 Å². The average molecular weight is 254 g/mol. The molecule has 0 aromatic carbocycles. The molecule has 4 N–H and O–H groups in total. The second-order valence-electron chi connectivity index (χ2n) is 5.63. The Balaban J connectivity index is 1.99. The smallest absolute Gasteiger partial charge is 0.308 e. The van der Waals surface area contributed by atoms with Gasteiger partial charge in [-0.1, -0.05) is 13.3 Å².